The Balaban J connectivity index is 1.64. The first-order chi connectivity index (χ1) is 13.2. The van der Waals surface area contributed by atoms with Crippen molar-refractivity contribution < 1.29 is 9.13 Å². The summed E-state index contributed by atoms with van der Waals surface area (Å²) in [5, 5.41) is 5.15. The summed E-state index contributed by atoms with van der Waals surface area (Å²) in [6, 6.07) is 12.9. The van der Waals surface area contributed by atoms with Crippen LogP contribution in [0.2, 0.25) is 0 Å². The molecule has 0 N–H and O–H groups in total. The highest BCUT2D eigenvalue weighted by molar-refractivity contribution is 5.90. The number of benzene rings is 2. The van der Waals surface area contributed by atoms with E-state index in [1.165, 1.54) is 19.5 Å². The molecule has 4 rings (SSSR count). The normalized spacial score (nSPS) is 10.9. The number of hydrogen-bond acceptors (Lipinski definition) is 5. The molecule has 0 aliphatic carbocycles. The molecule has 0 fully saturated rings. The Morgan fingerprint density at radius 3 is 2.74 bits per heavy atom. The number of methoxy groups -OCH3 is 1. The summed E-state index contributed by atoms with van der Waals surface area (Å²) >= 11 is 0. The van der Waals surface area contributed by atoms with E-state index in [2.05, 4.69) is 15.1 Å². The summed E-state index contributed by atoms with van der Waals surface area (Å²) in [5.41, 5.74) is 2.56. The highest BCUT2D eigenvalue weighted by atomic mass is 19.1. The number of para-hydroxylation sites is 1. The van der Waals surface area contributed by atoms with Crippen molar-refractivity contribution in [2.75, 3.05) is 19.1 Å². The van der Waals surface area contributed by atoms with Crippen LogP contribution < -0.4 is 9.64 Å². The van der Waals surface area contributed by atoms with Crippen LogP contribution in [0, 0.1) is 5.82 Å². The monoisotopic (exact) mass is 363 g/mol. The molecular formula is C20H18FN5O. The molecule has 2 heterocycles. The van der Waals surface area contributed by atoms with E-state index in [0.29, 0.717) is 17.9 Å². The van der Waals surface area contributed by atoms with Gasteiger partial charge in [0.25, 0.3) is 0 Å². The first kappa shape index (κ1) is 17.0. The molecule has 0 bridgehead atoms. The number of halogens is 1. The van der Waals surface area contributed by atoms with Crippen LogP contribution >= 0.6 is 0 Å². The average Bonchev–Trinajstić information content (AvgIpc) is 3.16. The van der Waals surface area contributed by atoms with Crippen LogP contribution in [-0.2, 0) is 6.54 Å². The van der Waals surface area contributed by atoms with Gasteiger partial charge in [0.2, 0.25) is 0 Å². The minimum atomic E-state index is -0.443. The van der Waals surface area contributed by atoms with Gasteiger partial charge in [0.05, 0.1) is 24.5 Å². The van der Waals surface area contributed by atoms with E-state index in [4.69, 9.17) is 4.74 Å². The topological polar surface area (TPSA) is 56.1 Å². The van der Waals surface area contributed by atoms with Crippen LogP contribution in [0.5, 0.6) is 5.75 Å². The minimum Gasteiger partial charge on any atom is -0.494 e. The molecule has 2 aromatic carbocycles. The Hall–Kier alpha value is -3.48. The van der Waals surface area contributed by atoms with Crippen molar-refractivity contribution in [2.24, 2.45) is 0 Å². The molecule has 0 saturated carbocycles. The summed E-state index contributed by atoms with van der Waals surface area (Å²) in [5.74, 6) is 0.427. The maximum atomic E-state index is 14.0. The van der Waals surface area contributed by atoms with Gasteiger partial charge in [0.15, 0.2) is 11.6 Å². The fraction of sp³-hybridized carbons (Fsp3) is 0.150. The molecule has 136 valence electrons. The molecule has 6 nitrogen and oxygen atoms in total. The summed E-state index contributed by atoms with van der Waals surface area (Å²) in [7, 11) is 3.37. The molecule has 7 heteroatoms. The minimum absolute atomic E-state index is 0.170. The fourth-order valence-electron chi connectivity index (χ4n) is 3.02. The van der Waals surface area contributed by atoms with E-state index in [1.807, 2.05) is 59.4 Å². The second-order valence-corrected chi connectivity index (χ2v) is 6.19. The highest BCUT2D eigenvalue weighted by Gasteiger charge is 2.14. The Morgan fingerprint density at radius 1 is 1.15 bits per heavy atom. The van der Waals surface area contributed by atoms with Gasteiger partial charge in [-0.15, -0.1) is 0 Å². The number of rotatable bonds is 5. The van der Waals surface area contributed by atoms with Gasteiger partial charge >= 0.3 is 0 Å². The number of ether oxygens (including phenoxy) is 1. The summed E-state index contributed by atoms with van der Waals surface area (Å²) in [6.45, 7) is 0.596. The van der Waals surface area contributed by atoms with Crippen molar-refractivity contribution in [1.29, 1.82) is 0 Å². The average molecular weight is 363 g/mol. The van der Waals surface area contributed by atoms with Crippen LogP contribution in [0.15, 0.2) is 61.2 Å². The molecule has 0 spiro atoms. The fourth-order valence-corrected chi connectivity index (χ4v) is 3.02. The van der Waals surface area contributed by atoms with Crippen LogP contribution in [0.4, 0.5) is 10.2 Å². The van der Waals surface area contributed by atoms with Gasteiger partial charge < -0.3 is 9.64 Å². The number of nitrogens with zero attached hydrogens (tertiary/aromatic N) is 5. The molecule has 0 amide bonds. The van der Waals surface area contributed by atoms with Crippen molar-refractivity contribution in [3.63, 3.8) is 0 Å². The lowest BCUT2D eigenvalue weighted by molar-refractivity contribution is 0.387. The lowest BCUT2D eigenvalue weighted by Gasteiger charge is -2.19. The van der Waals surface area contributed by atoms with E-state index in [0.717, 1.165) is 16.6 Å². The van der Waals surface area contributed by atoms with Gasteiger partial charge in [-0.25, -0.2) is 19.0 Å². The third kappa shape index (κ3) is 3.31. The first-order valence-electron chi connectivity index (χ1n) is 8.44. The maximum Gasteiger partial charge on any atom is 0.167 e. The van der Waals surface area contributed by atoms with E-state index < -0.39 is 5.82 Å². The second kappa shape index (κ2) is 7.03. The third-order valence-electron chi connectivity index (χ3n) is 4.33. The second-order valence-electron chi connectivity index (χ2n) is 6.19. The van der Waals surface area contributed by atoms with Gasteiger partial charge in [-0.3, -0.25) is 0 Å². The van der Waals surface area contributed by atoms with Crippen LogP contribution in [0.1, 0.15) is 5.56 Å². The summed E-state index contributed by atoms with van der Waals surface area (Å²) in [6.07, 6.45) is 5.25. The van der Waals surface area contributed by atoms with Gasteiger partial charge in [0, 0.05) is 36.8 Å². The van der Waals surface area contributed by atoms with Crippen LogP contribution in [0.25, 0.3) is 16.6 Å². The first-order valence-corrected chi connectivity index (χ1v) is 8.44. The number of anilines is 1. The summed E-state index contributed by atoms with van der Waals surface area (Å²) in [4.78, 5) is 10.5. The van der Waals surface area contributed by atoms with Gasteiger partial charge in [-0.1, -0.05) is 18.2 Å². The molecule has 2 aromatic heterocycles. The molecule has 0 unspecified atom stereocenters. The van der Waals surface area contributed by atoms with Gasteiger partial charge in [0.1, 0.15) is 12.1 Å². The maximum absolute atomic E-state index is 14.0. The number of aromatic nitrogens is 4. The van der Waals surface area contributed by atoms with Crippen LogP contribution in [0.3, 0.4) is 0 Å². The number of fused-ring (bicyclic) bond motifs is 1. The van der Waals surface area contributed by atoms with Crippen molar-refractivity contribution in [3.05, 3.63) is 72.6 Å². The standard InChI is InChI=1S/C20H18FN5O/c1-25(11-14-10-24-26(12-14)15-6-4-3-5-7-15)20-16-8-19(27-2)17(21)9-18(16)22-13-23-20/h3-10,12-13H,11H2,1-2H3. The van der Waals surface area contributed by atoms with Crippen molar-refractivity contribution in [1.82, 2.24) is 19.7 Å². The quantitative estimate of drug-likeness (QED) is 0.542. The molecule has 4 aromatic rings. The zero-order valence-electron chi connectivity index (χ0n) is 15.0. The lowest BCUT2D eigenvalue weighted by atomic mass is 10.2. The predicted molar refractivity (Wildman–Crippen MR) is 102 cm³/mol. The lowest BCUT2D eigenvalue weighted by Crippen LogP contribution is -2.18. The molecule has 0 saturated heterocycles. The van der Waals surface area contributed by atoms with E-state index in [9.17, 15) is 4.39 Å². The van der Waals surface area contributed by atoms with E-state index >= 15 is 0 Å². The molecule has 27 heavy (non-hydrogen) atoms. The van der Waals surface area contributed by atoms with Crippen molar-refractivity contribution in [2.45, 2.75) is 6.54 Å². The van der Waals surface area contributed by atoms with Crippen molar-refractivity contribution >= 4 is 16.7 Å². The zero-order chi connectivity index (χ0) is 18.8. The van der Waals surface area contributed by atoms with E-state index in [-0.39, 0.29) is 5.75 Å². The third-order valence-corrected chi connectivity index (χ3v) is 4.33. The Bertz CT molecular complexity index is 1080. The van der Waals surface area contributed by atoms with Gasteiger partial charge in [-0.05, 0) is 18.2 Å². The number of hydrogen-bond donors (Lipinski definition) is 0. The van der Waals surface area contributed by atoms with Crippen LogP contribution in [-0.4, -0.2) is 33.9 Å². The van der Waals surface area contributed by atoms with E-state index in [1.54, 1.807) is 6.07 Å². The predicted octanol–water partition coefficient (Wildman–Crippen LogP) is 3.60. The smallest absolute Gasteiger partial charge is 0.167 e. The van der Waals surface area contributed by atoms with Gasteiger partial charge in [-0.2, -0.15) is 5.10 Å². The zero-order valence-corrected chi connectivity index (χ0v) is 15.0. The largest absolute Gasteiger partial charge is 0.494 e. The molecular weight excluding hydrogens is 345 g/mol. The molecule has 0 atom stereocenters. The highest BCUT2D eigenvalue weighted by Crippen LogP contribution is 2.29. The molecule has 0 aliphatic rings. The molecule has 0 radical (unpaired) electrons. The SMILES string of the molecule is COc1cc2c(N(C)Cc3cnn(-c4ccccc4)c3)ncnc2cc1F. The summed E-state index contributed by atoms with van der Waals surface area (Å²) < 4.78 is 20.9. The Kier molecular flexibility index (Phi) is 4.42. The molecule has 0 aliphatic heterocycles. The Morgan fingerprint density at radius 2 is 1.96 bits per heavy atom. The Labute approximate surface area is 155 Å². The van der Waals surface area contributed by atoms with Crippen molar-refractivity contribution in [3.8, 4) is 11.4 Å².